The van der Waals surface area contributed by atoms with Crippen LogP contribution in [0, 0.1) is 6.92 Å². The number of halogens is 1. The lowest BCUT2D eigenvalue weighted by Gasteiger charge is -2.19. The fourth-order valence-electron chi connectivity index (χ4n) is 4.32. The molecular weight excluding hydrogens is 438 g/mol. The quantitative estimate of drug-likeness (QED) is 0.393. The number of benzene rings is 3. The highest BCUT2D eigenvalue weighted by molar-refractivity contribution is 9.10. The Morgan fingerprint density at radius 2 is 1.73 bits per heavy atom. The van der Waals surface area contributed by atoms with Crippen LogP contribution in [0.1, 0.15) is 29.3 Å². The van der Waals surface area contributed by atoms with Gasteiger partial charge in [-0.2, -0.15) is 0 Å². The first-order valence-corrected chi connectivity index (χ1v) is 10.9. The lowest BCUT2D eigenvalue weighted by Crippen LogP contribution is -2.25. The number of aromatic nitrogens is 2. The number of nitrogens with zero attached hydrogens (tertiary/aromatic N) is 3. The zero-order chi connectivity index (χ0) is 20.7. The Kier molecular flexibility index (Phi) is 4.91. The van der Waals surface area contributed by atoms with E-state index >= 15 is 0 Å². The number of rotatable bonds is 4. The molecule has 0 saturated carbocycles. The molecule has 30 heavy (non-hydrogen) atoms. The Balaban J connectivity index is 1.53. The van der Waals surface area contributed by atoms with Gasteiger partial charge in [-0.1, -0.05) is 58.4 Å². The summed E-state index contributed by atoms with van der Waals surface area (Å²) in [5, 5.41) is 0. The van der Waals surface area contributed by atoms with Gasteiger partial charge in [0.15, 0.2) is 0 Å². The van der Waals surface area contributed by atoms with E-state index in [-0.39, 0.29) is 11.8 Å². The zero-order valence-electron chi connectivity index (χ0n) is 16.8. The molecule has 150 valence electrons. The Labute approximate surface area is 184 Å². The molecule has 1 aromatic heterocycles. The first-order chi connectivity index (χ1) is 14.6. The molecule has 4 aromatic rings. The summed E-state index contributed by atoms with van der Waals surface area (Å²) in [5.74, 6) is 1.22. The summed E-state index contributed by atoms with van der Waals surface area (Å²) in [5.41, 5.74) is 5.42. The smallest absolute Gasteiger partial charge is 0.227 e. The molecule has 3 aromatic carbocycles. The topological polar surface area (TPSA) is 38.1 Å². The highest BCUT2D eigenvalue weighted by atomic mass is 79.9. The highest BCUT2D eigenvalue weighted by Crippen LogP contribution is 2.34. The minimum absolute atomic E-state index is 0.0694. The van der Waals surface area contributed by atoms with E-state index in [2.05, 4.69) is 63.8 Å². The molecule has 2 heterocycles. The fourth-order valence-corrected chi connectivity index (χ4v) is 4.59. The maximum Gasteiger partial charge on any atom is 0.227 e. The van der Waals surface area contributed by atoms with Crippen molar-refractivity contribution in [3.8, 4) is 0 Å². The van der Waals surface area contributed by atoms with Crippen molar-refractivity contribution in [3.63, 3.8) is 0 Å². The van der Waals surface area contributed by atoms with Crippen LogP contribution >= 0.6 is 15.9 Å². The normalized spacial score (nSPS) is 16.5. The highest BCUT2D eigenvalue weighted by Gasteiger charge is 2.35. The number of carbonyl (C=O) groups excluding carboxylic acids is 1. The Morgan fingerprint density at radius 3 is 2.53 bits per heavy atom. The van der Waals surface area contributed by atoms with Gasteiger partial charge in [0.2, 0.25) is 5.91 Å². The van der Waals surface area contributed by atoms with Crippen LogP contribution in [0.2, 0.25) is 0 Å². The van der Waals surface area contributed by atoms with Crippen LogP contribution in [0.5, 0.6) is 0 Å². The minimum Gasteiger partial charge on any atom is -0.323 e. The predicted octanol–water partition coefficient (Wildman–Crippen LogP) is 5.68. The minimum atomic E-state index is 0.0694. The molecule has 4 nitrogen and oxygen atoms in total. The molecule has 0 N–H and O–H groups in total. The standard InChI is InChI=1S/C25H22BrN3O/c1-17-6-2-4-8-22(17)28-16-19(14-24(28)30)25-27-21-7-3-5-9-23(21)29(25)15-18-10-12-20(26)13-11-18/h2-13,19H,14-16H2,1H3/t19-/m1/s1. The summed E-state index contributed by atoms with van der Waals surface area (Å²) in [7, 11) is 0. The van der Waals surface area contributed by atoms with Crippen molar-refractivity contribution in [3.05, 3.63) is 94.2 Å². The van der Waals surface area contributed by atoms with Gasteiger partial charge >= 0.3 is 0 Å². The third-order valence-corrected chi connectivity index (χ3v) is 6.36. The number of amides is 1. The van der Waals surface area contributed by atoms with Crippen molar-refractivity contribution in [1.29, 1.82) is 0 Å². The number of hydrogen-bond donors (Lipinski definition) is 0. The molecule has 5 rings (SSSR count). The molecule has 0 bridgehead atoms. The molecule has 0 aliphatic carbocycles. The lowest BCUT2D eigenvalue weighted by atomic mass is 10.1. The van der Waals surface area contributed by atoms with E-state index < -0.39 is 0 Å². The molecular formula is C25H22BrN3O. The van der Waals surface area contributed by atoms with Gasteiger partial charge in [-0.25, -0.2) is 4.98 Å². The first kappa shape index (κ1) is 19.1. The predicted molar refractivity (Wildman–Crippen MR) is 124 cm³/mol. The summed E-state index contributed by atoms with van der Waals surface area (Å²) in [6.45, 7) is 3.45. The Bertz CT molecular complexity index is 1230. The summed E-state index contributed by atoms with van der Waals surface area (Å²) in [6, 6.07) is 24.7. The molecule has 0 spiro atoms. The lowest BCUT2D eigenvalue weighted by molar-refractivity contribution is -0.117. The van der Waals surface area contributed by atoms with Gasteiger partial charge in [0.05, 0.1) is 11.0 Å². The summed E-state index contributed by atoms with van der Waals surface area (Å²) in [6.07, 6.45) is 0.484. The van der Waals surface area contributed by atoms with Crippen LogP contribution in [0.15, 0.2) is 77.3 Å². The van der Waals surface area contributed by atoms with E-state index in [9.17, 15) is 4.79 Å². The molecule has 1 aliphatic rings. The second-order valence-electron chi connectivity index (χ2n) is 7.86. The van der Waals surface area contributed by atoms with E-state index in [1.54, 1.807) is 0 Å². The monoisotopic (exact) mass is 459 g/mol. The largest absolute Gasteiger partial charge is 0.323 e. The third kappa shape index (κ3) is 3.43. The summed E-state index contributed by atoms with van der Waals surface area (Å²) >= 11 is 3.51. The second kappa shape index (κ2) is 7.73. The number of hydrogen-bond acceptors (Lipinski definition) is 2. The summed E-state index contributed by atoms with van der Waals surface area (Å²) in [4.78, 5) is 19.8. The van der Waals surface area contributed by atoms with Gasteiger partial charge in [-0.05, 0) is 48.4 Å². The number of fused-ring (bicyclic) bond motifs is 1. The molecule has 1 amide bonds. The van der Waals surface area contributed by atoms with Gasteiger partial charge in [-0.3, -0.25) is 4.79 Å². The van der Waals surface area contributed by atoms with Crippen LogP contribution in [0.4, 0.5) is 5.69 Å². The van der Waals surface area contributed by atoms with Crippen LogP contribution in [0.3, 0.4) is 0 Å². The van der Waals surface area contributed by atoms with E-state index in [1.165, 1.54) is 5.56 Å². The van der Waals surface area contributed by atoms with Crippen molar-refractivity contribution in [2.24, 2.45) is 0 Å². The average Bonchev–Trinajstić information content (AvgIpc) is 3.31. The van der Waals surface area contributed by atoms with Gasteiger partial charge in [-0.15, -0.1) is 0 Å². The molecule has 5 heteroatoms. The summed E-state index contributed by atoms with van der Waals surface area (Å²) < 4.78 is 3.34. The van der Waals surface area contributed by atoms with Crippen LogP contribution in [-0.4, -0.2) is 22.0 Å². The maximum atomic E-state index is 12.9. The second-order valence-corrected chi connectivity index (χ2v) is 8.78. The van der Waals surface area contributed by atoms with Crippen molar-refractivity contribution in [2.75, 3.05) is 11.4 Å². The fraction of sp³-hybridized carbons (Fsp3) is 0.200. The molecule has 0 unspecified atom stereocenters. The first-order valence-electron chi connectivity index (χ1n) is 10.2. The third-order valence-electron chi connectivity index (χ3n) is 5.83. The molecule has 0 radical (unpaired) electrons. The van der Waals surface area contributed by atoms with Crippen LogP contribution in [-0.2, 0) is 11.3 Å². The van der Waals surface area contributed by atoms with Crippen LogP contribution in [0.25, 0.3) is 11.0 Å². The van der Waals surface area contributed by atoms with E-state index in [4.69, 9.17) is 4.98 Å². The number of para-hydroxylation sites is 3. The van der Waals surface area contributed by atoms with Crippen LogP contribution < -0.4 is 4.90 Å². The number of aryl methyl sites for hydroxylation is 1. The molecule has 1 atom stereocenters. The van der Waals surface area contributed by atoms with Gasteiger partial charge in [0.1, 0.15) is 5.82 Å². The van der Waals surface area contributed by atoms with Crippen molar-refractivity contribution in [2.45, 2.75) is 25.8 Å². The SMILES string of the molecule is Cc1ccccc1N1C[C@H](c2nc3ccccc3n2Cc2ccc(Br)cc2)CC1=O. The van der Waals surface area contributed by atoms with E-state index in [0.717, 1.165) is 39.1 Å². The van der Waals surface area contributed by atoms with Gasteiger partial charge in [0, 0.05) is 35.6 Å². The van der Waals surface area contributed by atoms with E-state index in [1.807, 2.05) is 41.3 Å². The van der Waals surface area contributed by atoms with Gasteiger partial charge in [0.25, 0.3) is 0 Å². The molecule has 1 saturated heterocycles. The number of imidazole rings is 1. The van der Waals surface area contributed by atoms with Gasteiger partial charge < -0.3 is 9.47 Å². The maximum absolute atomic E-state index is 12.9. The molecule has 1 fully saturated rings. The van der Waals surface area contributed by atoms with Crippen molar-refractivity contribution in [1.82, 2.24) is 9.55 Å². The van der Waals surface area contributed by atoms with Crippen molar-refractivity contribution < 1.29 is 4.79 Å². The zero-order valence-corrected chi connectivity index (χ0v) is 18.3. The average molecular weight is 460 g/mol. The number of anilines is 1. The molecule has 1 aliphatic heterocycles. The van der Waals surface area contributed by atoms with Crippen molar-refractivity contribution >= 4 is 38.6 Å². The number of carbonyl (C=O) groups is 1. The Morgan fingerprint density at radius 1 is 1.00 bits per heavy atom. The van der Waals surface area contributed by atoms with E-state index in [0.29, 0.717) is 13.0 Å². The Hall–Kier alpha value is -2.92.